The molecule has 0 aliphatic carbocycles. The van der Waals surface area contributed by atoms with Gasteiger partial charge in [-0.15, -0.1) is 0 Å². The zero-order valence-electron chi connectivity index (χ0n) is 12.2. The highest BCUT2D eigenvalue weighted by Gasteiger charge is 2.33. The molecule has 0 bridgehead atoms. The number of hydrogen-bond acceptors (Lipinski definition) is 3. The van der Waals surface area contributed by atoms with E-state index < -0.39 is 12.1 Å². The summed E-state index contributed by atoms with van der Waals surface area (Å²) >= 11 is 11.9. The molecule has 2 unspecified atom stereocenters. The van der Waals surface area contributed by atoms with Gasteiger partial charge in [0.2, 0.25) is 11.8 Å². The van der Waals surface area contributed by atoms with Crippen LogP contribution in [0, 0.1) is 0 Å². The van der Waals surface area contributed by atoms with Gasteiger partial charge in [-0.1, -0.05) is 23.2 Å². The number of carbonyl (C=O) groups excluding carboxylic acids is 2. The highest BCUT2D eigenvalue weighted by Crippen LogP contribution is 2.20. The minimum Gasteiger partial charge on any atom is -0.382 e. The van der Waals surface area contributed by atoms with Crippen molar-refractivity contribution in [3.8, 4) is 0 Å². The molecule has 2 amide bonds. The van der Waals surface area contributed by atoms with Crippen LogP contribution in [0.4, 0.5) is 0 Å². The minimum atomic E-state index is -0.620. The van der Waals surface area contributed by atoms with Crippen LogP contribution in [0.15, 0.2) is 18.2 Å². The molecule has 0 saturated carbocycles. The Labute approximate surface area is 139 Å². The number of nitrogens with one attached hydrogen (secondary N) is 2. The predicted octanol–water partition coefficient (Wildman–Crippen LogP) is 1.95. The number of piperazine rings is 1. The molecule has 22 heavy (non-hydrogen) atoms. The van der Waals surface area contributed by atoms with Gasteiger partial charge < -0.3 is 15.4 Å². The van der Waals surface area contributed by atoms with E-state index in [0.29, 0.717) is 36.1 Å². The highest BCUT2D eigenvalue weighted by atomic mass is 35.5. The molecular formula is C15H18Cl2N2O3. The first-order chi connectivity index (χ1) is 10.5. The van der Waals surface area contributed by atoms with Crippen LogP contribution in [-0.2, 0) is 20.7 Å². The van der Waals surface area contributed by atoms with Gasteiger partial charge in [-0.2, -0.15) is 0 Å². The Morgan fingerprint density at radius 3 is 2.27 bits per heavy atom. The molecule has 2 rings (SSSR count). The summed E-state index contributed by atoms with van der Waals surface area (Å²) in [6, 6.07) is 3.92. The Hall–Kier alpha value is -1.30. The summed E-state index contributed by atoms with van der Waals surface area (Å²) in [4.78, 5) is 24.2. The Balaban J connectivity index is 1.97. The van der Waals surface area contributed by atoms with E-state index in [9.17, 15) is 9.59 Å². The summed E-state index contributed by atoms with van der Waals surface area (Å²) in [6.07, 6.45) is 0.803. The number of halogens is 2. The van der Waals surface area contributed by atoms with Crippen LogP contribution in [0.2, 0.25) is 10.0 Å². The fourth-order valence-corrected chi connectivity index (χ4v) is 2.90. The van der Waals surface area contributed by atoms with Gasteiger partial charge >= 0.3 is 0 Å². The summed E-state index contributed by atoms with van der Waals surface area (Å²) in [5.41, 5.74) is 0.797. The largest absolute Gasteiger partial charge is 0.382 e. The third-order valence-electron chi connectivity index (χ3n) is 3.38. The molecule has 1 saturated heterocycles. The van der Waals surface area contributed by atoms with Crippen LogP contribution in [0.1, 0.15) is 18.9 Å². The zero-order chi connectivity index (χ0) is 16.1. The summed E-state index contributed by atoms with van der Waals surface area (Å²) in [5.74, 6) is -0.408. The van der Waals surface area contributed by atoms with Gasteiger partial charge in [0.05, 0.1) is 0 Å². The normalized spacial score (nSPS) is 21.4. The van der Waals surface area contributed by atoms with Crippen molar-refractivity contribution in [1.29, 1.82) is 0 Å². The van der Waals surface area contributed by atoms with Crippen LogP contribution in [0.25, 0.3) is 0 Å². The van der Waals surface area contributed by atoms with E-state index in [-0.39, 0.29) is 11.8 Å². The Bertz CT molecular complexity index is 545. The first-order valence-corrected chi connectivity index (χ1v) is 7.88. The molecule has 1 fully saturated rings. The molecule has 1 heterocycles. The van der Waals surface area contributed by atoms with E-state index in [4.69, 9.17) is 27.9 Å². The van der Waals surface area contributed by atoms with Crippen molar-refractivity contribution < 1.29 is 14.3 Å². The first kappa shape index (κ1) is 17.1. The smallest absolute Gasteiger partial charge is 0.243 e. The maximum Gasteiger partial charge on any atom is 0.243 e. The molecule has 5 nitrogen and oxygen atoms in total. The molecule has 7 heteroatoms. The van der Waals surface area contributed by atoms with E-state index in [2.05, 4.69) is 10.6 Å². The average molecular weight is 345 g/mol. The van der Waals surface area contributed by atoms with Gasteiger partial charge in [-0.25, -0.2) is 0 Å². The van der Waals surface area contributed by atoms with Gasteiger partial charge in [-0.05, 0) is 37.1 Å². The fourth-order valence-electron chi connectivity index (χ4n) is 2.33. The summed E-state index contributed by atoms with van der Waals surface area (Å²) in [7, 11) is 0. The first-order valence-electron chi connectivity index (χ1n) is 7.13. The van der Waals surface area contributed by atoms with Crippen molar-refractivity contribution in [2.45, 2.75) is 31.8 Å². The number of rotatable bonds is 6. The Morgan fingerprint density at radius 1 is 1.05 bits per heavy atom. The van der Waals surface area contributed by atoms with Crippen molar-refractivity contribution in [2.75, 3.05) is 13.2 Å². The molecule has 1 aromatic carbocycles. The maximum absolute atomic E-state index is 12.1. The van der Waals surface area contributed by atoms with E-state index in [0.717, 1.165) is 5.56 Å². The number of benzene rings is 1. The SMILES string of the molecule is CCOCCC1NC(=O)C(Cc2cc(Cl)cc(Cl)c2)NC1=O. The number of amides is 2. The Morgan fingerprint density at radius 2 is 1.64 bits per heavy atom. The molecular weight excluding hydrogens is 327 g/mol. The standard InChI is InChI=1S/C15H18Cl2N2O3/c1-2-22-4-3-12-14(20)19-13(15(21)18-12)7-9-5-10(16)8-11(17)6-9/h5-6,8,12-13H,2-4,7H2,1H3,(H,18,21)(H,19,20). The topological polar surface area (TPSA) is 67.4 Å². The van der Waals surface area contributed by atoms with E-state index in [1.165, 1.54) is 0 Å². The van der Waals surface area contributed by atoms with Crippen molar-refractivity contribution in [3.05, 3.63) is 33.8 Å². The summed E-state index contributed by atoms with van der Waals surface area (Å²) < 4.78 is 5.21. The van der Waals surface area contributed by atoms with E-state index in [1.807, 2.05) is 6.92 Å². The lowest BCUT2D eigenvalue weighted by molar-refractivity contribution is -0.137. The fraction of sp³-hybridized carbons (Fsp3) is 0.467. The molecule has 1 aromatic rings. The summed E-state index contributed by atoms with van der Waals surface area (Å²) in [5, 5.41) is 6.46. The number of hydrogen-bond donors (Lipinski definition) is 2. The number of ether oxygens (including phenoxy) is 1. The highest BCUT2D eigenvalue weighted by molar-refractivity contribution is 6.34. The number of carbonyl (C=O) groups is 2. The van der Waals surface area contributed by atoms with Crippen LogP contribution in [-0.4, -0.2) is 37.1 Å². The second kappa shape index (κ2) is 7.81. The summed E-state index contributed by atoms with van der Waals surface area (Å²) in [6.45, 7) is 2.90. The predicted molar refractivity (Wildman–Crippen MR) is 85.1 cm³/mol. The molecule has 2 atom stereocenters. The van der Waals surface area contributed by atoms with Crippen LogP contribution in [0.3, 0.4) is 0 Å². The van der Waals surface area contributed by atoms with Gasteiger partial charge in [0.25, 0.3) is 0 Å². The van der Waals surface area contributed by atoms with Crippen LogP contribution >= 0.6 is 23.2 Å². The zero-order valence-corrected chi connectivity index (χ0v) is 13.7. The van der Waals surface area contributed by atoms with Crippen molar-refractivity contribution in [2.24, 2.45) is 0 Å². The van der Waals surface area contributed by atoms with Crippen LogP contribution in [0.5, 0.6) is 0 Å². The van der Waals surface area contributed by atoms with Gasteiger partial charge in [0.1, 0.15) is 12.1 Å². The van der Waals surface area contributed by atoms with Gasteiger partial charge in [0.15, 0.2) is 0 Å². The molecule has 0 aromatic heterocycles. The molecule has 1 aliphatic rings. The van der Waals surface area contributed by atoms with Crippen molar-refractivity contribution >= 4 is 35.0 Å². The lowest BCUT2D eigenvalue weighted by Crippen LogP contribution is -2.62. The van der Waals surface area contributed by atoms with Gasteiger partial charge in [0, 0.05) is 29.7 Å². The molecule has 0 spiro atoms. The van der Waals surface area contributed by atoms with E-state index >= 15 is 0 Å². The van der Waals surface area contributed by atoms with Crippen molar-refractivity contribution in [1.82, 2.24) is 10.6 Å². The minimum absolute atomic E-state index is 0.197. The third-order valence-corrected chi connectivity index (χ3v) is 3.82. The lowest BCUT2D eigenvalue weighted by Gasteiger charge is -2.29. The van der Waals surface area contributed by atoms with Crippen molar-refractivity contribution in [3.63, 3.8) is 0 Å². The third kappa shape index (κ3) is 4.60. The monoisotopic (exact) mass is 344 g/mol. The van der Waals surface area contributed by atoms with Gasteiger partial charge in [-0.3, -0.25) is 9.59 Å². The molecule has 120 valence electrons. The maximum atomic E-state index is 12.1. The van der Waals surface area contributed by atoms with Crippen LogP contribution < -0.4 is 10.6 Å². The molecule has 0 radical (unpaired) electrons. The lowest BCUT2D eigenvalue weighted by atomic mass is 10.0. The molecule has 1 aliphatic heterocycles. The second-order valence-electron chi connectivity index (χ2n) is 5.09. The second-order valence-corrected chi connectivity index (χ2v) is 5.96. The van der Waals surface area contributed by atoms with E-state index in [1.54, 1.807) is 18.2 Å². The molecule has 2 N–H and O–H groups in total. The quantitative estimate of drug-likeness (QED) is 0.775. The Kier molecular flexibility index (Phi) is 6.06. The average Bonchev–Trinajstić information content (AvgIpc) is 2.43.